The highest BCUT2D eigenvalue weighted by Crippen LogP contribution is 2.43. The first kappa shape index (κ1) is 20.0. The van der Waals surface area contributed by atoms with E-state index in [-0.39, 0.29) is 12.7 Å². The molecule has 3 aromatic carbocycles. The summed E-state index contributed by atoms with van der Waals surface area (Å²) >= 11 is 0. The summed E-state index contributed by atoms with van der Waals surface area (Å²) in [4.78, 5) is 27.6. The number of amides is 2. The summed E-state index contributed by atoms with van der Waals surface area (Å²) in [6.07, 6.45) is 5.49. The number of anilines is 1. The number of benzene rings is 3. The fourth-order valence-corrected chi connectivity index (χ4v) is 3.47. The summed E-state index contributed by atoms with van der Waals surface area (Å²) in [5, 5.41) is 2.92. The van der Waals surface area contributed by atoms with Crippen molar-refractivity contribution >= 4 is 17.5 Å². The van der Waals surface area contributed by atoms with Gasteiger partial charge in [-0.15, -0.1) is 6.42 Å². The van der Waals surface area contributed by atoms with Crippen molar-refractivity contribution in [2.75, 3.05) is 11.7 Å². The minimum absolute atomic E-state index is 0.0284. The summed E-state index contributed by atoms with van der Waals surface area (Å²) in [6.45, 7) is 0.342. The molecule has 1 atom stereocenters. The lowest BCUT2D eigenvalue weighted by molar-refractivity contribution is -0.125. The molecule has 1 N–H and O–H groups in total. The fraction of sp³-hybridized carbons (Fsp3) is 0.120. The lowest BCUT2D eigenvalue weighted by atomic mass is 10.0. The van der Waals surface area contributed by atoms with Crippen LogP contribution in [0.3, 0.4) is 0 Å². The topological polar surface area (TPSA) is 67.9 Å². The minimum atomic E-state index is -0.996. The number of nitrogens with one attached hydrogen (secondary N) is 1. The lowest BCUT2D eigenvalue weighted by Crippen LogP contribution is -2.43. The van der Waals surface area contributed by atoms with Gasteiger partial charge in [-0.05, 0) is 29.2 Å². The molecule has 154 valence electrons. The van der Waals surface area contributed by atoms with E-state index in [2.05, 4.69) is 11.2 Å². The number of para-hydroxylation sites is 1. The van der Waals surface area contributed by atoms with E-state index < -0.39 is 11.9 Å². The highest BCUT2D eigenvalue weighted by Gasteiger charge is 2.35. The van der Waals surface area contributed by atoms with Crippen LogP contribution in [0.25, 0.3) is 0 Å². The molecule has 1 heterocycles. The SMILES string of the molecule is C#CC(=O)N(c1cccc2c1OCO2)C(C(=O)NCc1ccccc1)c1ccccc1. The molecule has 6 nitrogen and oxygen atoms in total. The molecule has 0 saturated carbocycles. The lowest BCUT2D eigenvalue weighted by Gasteiger charge is -2.30. The Morgan fingerprint density at radius 2 is 1.68 bits per heavy atom. The molecule has 0 aliphatic carbocycles. The van der Waals surface area contributed by atoms with Gasteiger partial charge in [-0.25, -0.2) is 0 Å². The first-order chi connectivity index (χ1) is 15.2. The Hall–Kier alpha value is -4.24. The quantitative estimate of drug-likeness (QED) is 0.630. The summed E-state index contributed by atoms with van der Waals surface area (Å²) in [5.74, 6) is 1.99. The molecule has 1 unspecified atom stereocenters. The van der Waals surface area contributed by atoms with Gasteiger partial charge in [-0.3, -0.25) is 14.5 Å². The van der Waals surface area contributed by atoms with Gasteiger partial charge in [0.25, 0.3) is 0 Å². The van der Waals surface area contributed by atoms with Crippen molar-refractivity contribution in [1.29, 1.82) is 0 Å². The molecule has 1 aliphatic heterocycles. The molecule has 0 radical (unpaired) electrons. The maximum Gasteiger partial charge on any atom is 0.303 e. The van der Waals surface area contributed by atoms with Crippen LogP contribution in [-0.4, -0.2) is 18.6 Å². The van der Waals surface area contributed by atoms with E-state index in [0.717, 1.165) is 5.56 Å². The van der Waals surface area contributed by atoms with E-state index in [4.69, 9.17) is 15.9 Å². The Morgan fingerprint density at radius 1 is 0.968 bits per heavy atom. The third-order valence-corrected chi connectivity index (χ3v) is 4.91. The van der Waals surface area contributed by atoms with Gasteiger partial charge in [0.15, 0.2) is 11.5 Å². The van der Waals surface area contributed by atoms with Crippen LogP contribution in [0.15, 0.2) is 78.9 Å². The van der Waals surface area contributed by atoms with Crippen molar-refractivity contribution in [2.24, 2.45) is 0 Å². The second-order valence-corrected chi connectivity index (χ2v) is 6.85. The van der Waals surface area contributed by atoms with Crippen molar-refractivity contribution < 1.29 is 19.1 Å². The van der Waals surface area contributed by atoms with Crippen molar-refractivity contribution in [2.45, 2.75) is 12.6 Å². The third-order valence-electron chi connectivity index (χ3n) is 4.91. The van der Waals surface area contributed by atoms with Crippen LogP contribution < -0.4 is 19.7 Å². The molecule has 6 heteroatoms. The van der Waals surface area contributed by atoms with E-state index in [9.17, 15) is 9.59 Å². The number of hydrogen-bond acceptors (Lipinski definition) is 4. The summed E-state index contributed by atoms with van der Waals surface area (Å²) in [6, 6.07) is 22.7. The van der Waals surface area contributed by atoms with Crippen LogP contribution in [0.1, 0.15) is 17.2 Å². The van der Waals surface area contributed by atoms with Crippen molar-refractivity contribution in [3.63, 3.8) is 0 Å². The minimum Gasteiger partial charge on any atom is -0.454 e. The first-order valence-electron chi connectivity index (χ1n) is 9.74. The van der Waals surface area contributed by atoms with E-state index in [1.807, 2.05) is 36.4 Å². The average molecular weight is 412 g/mol. The van der Waals surface area contributed by atoms with Crippen LogP contribution in [0.4, 0.5) is 5.69 Å². The first-order valence-corrected chi connectivity index (χ1v) is 9.74. The van der Waals surface area contributed by atoms with Gasteiger partial charge >= 0.3 is 5.91 Å². The number of rotatable bonds is 6. The Kier molecular flexibility index (Phi) is 5.86. The molecule has 0 fully saturated rings. The van der Waals surface area contributed by atoms with E-state index in [1.54, 1.807) is 42.5 Å². The molecule has 0 aromatic heterocycles. The fourth-order valence-electron chi connectivity index (χ4n) is 3.47. The zero-order valence-electron chi connectivity index (χ0n) is 16.7. The normalized spacial score (nSPS) is 12.5. The van der Waals surface area contributed by atoms with Crippen molar-refractivity contribution in [3.8, 4) is 23.8 Å². The number of hydrogen-bond donors (Lipinski definition) is 1. The Bertz CT molecular complexity index is 1120. The monoisotopic (exact) mass is 412 g/mol. The largest absolute Gasteiger partial charge is 0.454 e. The molecule has 31 heavy (non-hydrogen) atoms. The van der Waals surface area contributed by atoms with Gasteiger partial charge in [0.1, 0.15) is 6.04 Å². The molecule has 2 amide bonds. The van der Waals surface area contributed by atoms with Gasteiger partial charge in [-0.2, -0.15) is 0 Å². The average Bonchev–Trinajstić information content (AvgIpc) is 3.31. The highest BCUT2D eigenvalue weighted by atomic mass is 16.7. The number of ether oxygens (including phenoxy) is 2. The maximum atomic E-state index is 13.4. The van der Waals surface area contributed by atoms with Gasteiger partial charge in [-0.1, -0.05) is 66.7 Å². The molecule has 0 saturated heterocycles. The van der Waals surface area contributed by atoms with Crippen molar-refractivity contribution in [3.05, 3.63) is 90.0 Å². The van der Waals surface area contributed by atoms with Crippen LogP contribution >= 0.6 is 0 Å². The second kappa shape index (κ2) is 9.06. The maximum absolute atomic E-state index is 13.4. The second-order valence-electron chi connectivity index (χ2n) is 6.85. The van der Waals surface area contributed by atoms with Gasteiger partial charge in [0, 0.05) is 6.54 Å². The van der Waals surface area contributed by atoms with Crippen LogP contribution in [0.5, 0.6) is 11.5 Å². The van der Waals surface area contributed by atoms with Crippen molar-refractivity contribution in [1.82, 2.24) is 5.32 Å². The predicted octanol–water partition coefficient (Wildman–Crippen LogP) is 3.44. The van der Waals surface area contributed by atoms with Gasteiger partial charge in [0.05, 0.1) is 5.69 Å². The van der Waals surface area contributed by atoms with Gasteiger partial charge < -0.3 is 14.8 Å². The number of carbonyl (C=O) groups excluding carboxylic acids is 2. The summed E-state index contributed by atoms with van der Waals surface area (Å²) in [5.41, 5.74) is 1.93. The van der Waals surface area contributed by atoms with E-state index in [1.165, 1.54) is 4.90 Å². The van der Waals surface area contributed by atoms with Gasteiger partial charge in [0.2, 0.25) is 12.7 Å². The number of nitrogens with zero attached hydrogens (tertiary/aromatic N) is 1. The number of carbonyl (C=O) groups is 2. The van der Waals surface area contributed by atoms with Crippen LogP contribution in [-0.2, 0) is 16.1 Å². The zero-order valence-corrected chi connectivity index (χ0v) is 16.7. The number of fused-ring (bicyclic) bond motifs is 1. The summed E-state index contributed by atoms with van der Waals surface area (Å²) < 4.78 is 11.0. The predicted molar refractivity (Wildman–Crippen MR) is 116 cm³/mol. The summed E-state index contributed by atoms with van der Waals surface area (Å²) in [7, 11) is 0. The van der Waals surface area contributed by atoms with E-state index in [0.29, 0.717) is 29.3 Å². The highest BCUT2D eigenvalue weighted by molar-refractivity contribution is 6.10. The standard InChI is InChI=1S/C25H20N2O4/c1-2-22(28)27(20-14-9-15-21-24(20)31-17-30-21)23(19-12-7-4-8-13-19)25(29)26-16-18-10-5-3-6-11-18/h1,3-15,23H,16-17H2,(H,26,29). The van der Waals surface area contributed by atoms with Crippen LogP contribution in [0, 0.1) is 12.3 Å². The zero-order chi connectivity index (χ0) is 21.6. The molecule has 1 aliphatic rings. The Morgan fingerprint density at radius 3 is 2.39 bits per heavy atom. The molecular weight excluding hydrogens is 392 g/mol. The molecular formula is C25H20N2O4. The molecule has 3 aromatic rings. The molecule has 0 spiro atoms. The molecule has 4 rings (SSSR count). The molecule has 0 bridgehead atoms. The smallest absolute Gasteiger partial charge is 0.303 e. The third kappa shape index (κ3) is 4.21. The van der Waals surface area contributed by atoms with E-state index >= 15 is 0 Å². The Balaban J connectivity index is 1.75. The number of terminal acetylenes is 1. The van der Waals surface area contributed by atoms with Crippen LogP contribution in [0.2, 0.25) is 0 Å². The Labute approximate surface area is 180 Å².